The zero-order valence-corrected chi connectivity index (χ0v) is 30.7. The number of furan rings is 1. The summed E-state index contributed by atoms with van der Waals surface area (Å²) in [4.78, 5) is 15.1. The molecule has 0 unspecified atom stereocenters. The van der Waals surface area contributed by atoms with Crippen LogP contribution in [0.1, 0.15) is 5.56 Å². The van der Waals surface area contributed by atoms with Gasteiger partial charge in [0.2, 0.25) is 0 Å². The van der Waals surface area contributed by atoms with Crippen LogP contribution in [0, 0.1) is 6.92 Å². The van der Waals surface area contributed by atoms with E-state index in [0.29, 0.717) is 17.5 Å². The normalized spacial score (nSPS) is 11.3. The van der Waals surface area contributed by atoms with Crippen LogP contribution in [0.15, 0.2) is 199 Å². The minimum absolute atomic E-state index is 0.586. The van der Waals surface area contributed by atoms with Gasteiger partial charge in [0.05, 0.1) is 0 Å². The van der Waals surface area contributed by atoms with Gasteiger partial charge in [0.1, 0.15) is 11.2 Å². The molecule has 0 aliphatic rings. The summed E-state index contributed by atoms with van der Waals surface area (Å²) in [7, 11) is 0. The van der Waals surface area contributed by atoms with Gasteiger partial charge in [0.25, 0.3) is 0 Å². The Morgan fingerprint density at radius 3 is 1.43 bits per heavy atom. The molecule has 0 radical (unpaired) electrons. The third kappa shape index (κ3) is 6.33. The molecule has 0 aliphatic carbocycles. The minimum Gasteiger partial charge on any atom is -0.456 e. The maximum Gasteiger partial charge on any atom is 0.164 e. The first-order valence-corrected chi connectivity index (χ1v) is 18.8. The van der Waals surface area contributed by atoms with Crippen LogP contribution < -0.4 is 0 Å². The second-order valence-electron chi connectivity index (χ2n) is 14.1. The lowest BCUT2D eigenvalue weighted by Gasteiger charge is -2.10. The summed E-state index contributed by atoms with van der Waals surface area (Å²) in [6.07, 6.45) is 0. The maximum absolute atomic E-state index is 6.58. The van der Waals surface area contributed by atoms with Gasteiger partial charge in [-0.2, -0.15) is 0 Å². The predicted molar refractivity (Wildman–Crippen MR) is 230 cm³/mol. The van der Waals surface area contributed by atoms with Crippen molar-refractivity contribution in [3.8, 4) is 78.7 Å². The van der Waals surface area contributed by atoms with Gasteiger partial charge in [0.15, 0.2) is 17.5 Å². The van der Waals surface area contributed by atoms with Crippen LogP contribution in [-0.2, 0) is 0 Å². The smallest absolute Gasteiger partial charge is 0.164 e. The molecular weight excluding hydrogens is 683 g/mol. The van der Waals surface area contributed by atoms with Gasteiger partial charge in [-0.05, 0) is 81.8 Å². The van der Waals surface area contributed by atoms with Crippen LogP contribution in [0.25, 0.3) is 101 Å². The van der Waals surface area contributed by atoms with Crippen molar-refractivity contribution in [2.75, 3.05) is 0 Å². The zero-order valence-electron chi connectivity index (χ0n) is 30.7. The molecule has 0 amide bonds. The van der Waals surface area contributed by atoms with E-state index in [0.717, 1.165) is 60.9 Å². The van der Waals surface area contributed by atoms with Crippen molar-refractivity contribution >= 4 is 21.9 Å². The second-order valence-corrected chi connectivity index (χ2v) is 14.1. The molecule has 0 atom stereocenters. The molecule has 56 heavy (non-hydrogen) atoms. The molecule has 0 saturated heterocycles. The van der Waals surface area contributed by atoms with Crippen molar-refractivity contribution in [3.05, 3.63) is 200 Å². The number of aromatic nitrogens is 3. The van der Waals surface area contributed by atoms with Gasteiger partial charge in [-0.15, -0.1) is 0 Å². The van der Waals surface area contributed by atoms with E-state index in [4.69, 9.17) is 19.4 Å². The summed E-state index contributed by atoms with van der Waals surface area (Å²) in [5, 5.41) is 2.13. The molecule has 8 aromatic carbocycles. The maximum atomic E-state index is 6.58. The highest BCUT2D eigenvalue weighted by Gasteiger charge is 2.17. The largest absolute Gasteiger partial charge is 0.456 e. The Morgan fingerprint density at radius 2 is 0.768 bits per heavy atom. The quantitative estimate of drug-likeness (QED) is 0.165. The van der Waals surface area contributed by atoms with Gasteiger partial charge in [-0.3, -0.25) is 0 Å². The fourth-order valence-corrected chi connectivity index (χ4v) is 7.49. The Bertz CT molecular complexity index is 3000. The average Bonchev–Trinajstić information content (AvgIpc) is 3.66. The summed E-state index contributed by atoms with van der Waals surface area (Å²) < 4.78 is 6.58. The number of aryl methyl sites for hydroxylation is 1. The number of fused-ring (bicyclic) bond motifs is 3. The van der Waals surface area contributed by atoms with Crippen LogP contribution in [0.2, 0.25) is 0 Å². The van der Waals surface area contributed by atoms with Crippen molar-refractivity contribution in [1.29, 1.82) is 0 Å². The van der Waals surface area contributed by atoms with Gasteiger partial charge < -0.3 is 4.42 Å². The Morgan fingerprint density at radius 1 is 0.321 bits per heavy atom. The number of hydrogen-bond acceptors (Lipinski definition) is 4. The van der Waals surface area contributed by atoms with E-state index < -0.39 is 0 Å². The molecular formula is C52H35N3O. The summed E-state index contributed by atoms with van der Waals surface area (Å²) in [5.74, 6) is 1.82. The third-order valence-corrected chi connectivity index (χ3v) is 10.4. The first kappa shape index (κ1) is 33.2. The van der Waals surface area contributed by atoms with Crippen molar-refractivity contribution in [2.45, 2.75) is 6.92 Å². The number of nitrogens with zero attached hydrogens (tertiary/aromatic N) is 3. The van der Waals surface area contributed by atoms with Gasteiger partial charge in [-0.1, -0.05) is 169 Å². The van der Waals surface area contributed by atoms with Gasteiger partial charge in [0, 0.05) is 27.5 Å². The standard InChI is InChI=1S/C52H35N3O/c1-34-21-23-37(24-22-34)41-16-9-18-43(32-41)51-53-50(39-13-6-3-7-14-39)54-52(55-51)44-29-30-46-48(33-44)56-47-20-10-19-45(49(46)47)42-17-8-15-40(31-42)38-27-25-36(26-28-38)35-11-4-2-5-12-35/h2-33H,1H3. The fourth-order valence-electron chi connectivity index (χ4n) is 7.49. The molecule has 0 bridgehead atoms. The van der Waals surface area contributed by atoms with Crippen LogP contribution in [-0.4, -0.2) is 15.0 Å². The van der Waals surface area contributed by atoms with Gasteiger partial charge in [-0.25, -0.2) is 15.0 Å². The highest BCUT2D eigenvalue weighted by Crippen LogP contribution is 2.39. The Kier molecular flexibility index (Phi) is 8.34. The van der Waals surface area contributed by atoms with Crippen molar-refractivity contribution < 1.29 is 4.42 Å². The monoisotopic (exact) mass is 717 g/mol. The molecule has 4 heteroatoms. The molecule has 0 N–H and O–H groups in total. The lowest BCUT2D eigenvalue weighted by atomic mass is 9.95. The van der Waals surface area contributed by atoms with Crippen molar-refractivity contribution in [2.24, 2.45) is 0 Å². The van der Waals surface area contributed by atoms with Gasteiger partial charge >= 0.3 is 0 Å². The van der Waals surface area contributed by atoms with E-state index in [2.05, 4.69) is 159 Å². The first-order valence-electron chi connectivity index (χ1n) is 18.8. The van der Waals surface area contributed by atoms with E-state index in [1.54, 1.807) is 0 Å². The highest BCUT2D eigenvalue weighted by atomic mass is 16.3. The first-order chi connectivity index (χ1) is 27.6. The third-order valence-electron chi connectivity index (χ3n) is 10.4. The molecule has 10 rings (SSSR count). The molecule has 264 valence electrons. The highest BCUT2D eigenvalue weighted by molar-refractivity contribution is 6.13. The molecule has 0 spiro atoms. The molecule has 2 heterocycles. The van der Waals surface area contributed by atoms with Crippen molar-refractivity contribution in [3.63, 3.8) is 0 Å². The second kappa shape index (κ2) is 14.1. The van der Waals surface area contributed by atoms with Crippen LogP contribution in [0.3, 0.4) is 0 Å². The SMILES string of the molecule is Cc1ccc(-c2cccc(-c3nc(-c4ccccc4)nc(-c4ccc5c(c4)oc4cccc(-c6cccc(-c7ccc(-c8ccccc8)cc7)c6)c45)n3)c2)cc1. The Labute approximate surface area is 325 Å². The van der Waals surface area contributed by atoms with Crippen LogP contribution in [0.4, 0.5) is 0 Å². The lowest BCUT2D eigenvalue weighted by molar-refractivity contribution is 0.669. The Hall–Kier alpha value is -7.43. The average molecular weight is 718 g/mol. The van der Waals surface area contributed by atoms with Crippen LogP contribution >= 0.6 is 0 Å². The molecule has 0 aliphatic heterocycles. The molecule has 4 nitrogen and oxygen atoms in total. The molecule has 0 saturated carbocycles. The Balaban J connectivity index is 1.04. The zero-order chi connectivity index (χ0) is 37.4. The van der Waals surface area contributed by atoms with E-state index in [-0.39, 0.29) is 0 Å². The summed E-state index contributed by atoms with van der Waals surface area (Å²) in [6, 6.07) is 67.6. The minimum atomic E-state index is 0.586. The van der Waals surface area contributed by atoms with Crippen molar-refractivity contribution in [1.82, 2.24) is 15.0 Å². The van der Waals surface area contributed by atoms with E-state index >= 15 is 0 Å². The predicted octanol–water partition coefficient (Wildman–Crippen LogP) is 13.7. The summed E-state index contributed by atoms with van der Waals surface area (Å²) >= 11 is 0. The summed E-state index contributed by atoms with van der Waals surface area (Å²) in [5.41, 5.74) is 14.8. The fraction of sp³-hybridized carbons (Fsp3) is 0.0192. The molecule has 10 aromatic rings. The summed E-state index contributed by atoms with van der Waals surface area (Å²) in [6.45, 7) is 2.10. The van der Waals surface area contributed by atoms with E-state index in [9.17, 15) is 0 Å². The van der Waals surface area contributed by atoms with E-state index in [1.165, 1.54) is 27.8 Å². The number of rotatable bonds is 7. The molecule has 0 fully saturated rings. The topological polar surface area (TPSA) is 51.8 Å². The molecule has 2 aromatic heterocycles. The lowest BCUT2D eigenvalue weighted by Crippen LogP contribution is -2.00. The van der Waals surface area contributed by atoms with Crippen LogP contribution in [0.5, 0.6) is 0 Å². The number of benzene rings is 8. The number of hydrogen-bond donors (Lipinski definition) is 0. The van der Waals surface area contributed by atoms with E-state index in [1.807, 2.05) is 42.5 Å².